The van der Waals surface area contributed by atoms with Crippen LogP contribution in [0.1, 0.15) is 50.7 Å². The average molecular weight is 596 g/mol. The van der Waals surface area contributed by atoms with E-state index in [2.05, 4.69) is 14.9 Å². The van der Waals surface area contributed by atoms with E-state index in [0.29, 0.717) is 36.6 Å². The van der Waals surface area contributed by atoms with Gasteiger partial charge in [0.25, 0.3) is 10.0 Å². The van der Waals surface area contributed by atoms with Gasteiger partial charge in [-0.25, -0.2) is 8.42 Å². The van der Waals surface area contributed by atoms with E-state index in [0.717, 1.165) is 12.1 Å². The van der Waals surface area contributed by atoms with Gasteiger partial charge in [-0.3, -0.25) is 14.4 Å². The van der Waals surface area contributed by atoms with Gasteiger partial charge in [0.05, 0.1) is 34.6 Å². The van der Waals surface area contributed by atoms with E-state index in [-0.39, 0.29) is 46.4 Å². The predicted molar refractivity (Wildman–Crippen MR) is 153 cm³/mol. The Morgan fingerprint density at radius 2 is 1.93 bits per heavy atom. The number of nitrogens with one attached hydrogen (secondary N) is 2. The number of phenols is 1. The minimum absolute atomic E-state index is 0.00225. The van der Waals surface area contributed by atoms with Gasteiger partial charge in [-0.15, -0.1) is 0 Å². The van der Waals surface area contributed by atoms with Crippen LogP contribution in [0, 0.1) is 11.8 Å². The maximum absolute atomic E-state index is 13.8. The molecule has 7 rings (SSSR count). The Morgan fingerprint density at radius 3 is 2.60 bits per heavy atom. The Morgan fingerprint density at radius 1 is 1.19 bits per heavy atom. The van der Waals surface area contributed by atoms with Gasteiger partial charge < -0.3 is 25.0 Å². The first kappa shape index (κ1) is 27.5. The van der Waals surface area contributed by atoms with Crippen molar-refractivity contribution in [1.29, 1.82) is 0 Å². The third kappa shape index (κ3) is 3.89. The number of carbonyl (C=O) groups is 1. The molecule has 3 aliphatic carbocycles. The van der Waals surface area contributed by atoms with E-state index >= 15 is 0 Å². The van der Waals surface area contributed by atoms with Crippen molar-refractivity contribution in [3.63, 3.8) is 0 Å². The molecule has 2 aromatic rings. The number of phenolic OH excluding ortho intramolecular Hbond substituents is 1. The molecule has 2 bridgehead atoms. The first-order valence-corrected chi connectivity index (χ1v) is 16.2. The zero-order chi connectivity index (χ0) is 29.6. The second-order valence-electron chi connectivity index (χ2n) is 12.7. The normalized spacial score (nSPS) is 29.6. The van der Waals surface area contributed by atoms with Gasteiger partial charge in [0, 0.05) is 24.2 Å². The minimum Gasteiger partial charge on any atom is -0.504 e. The summed E-state index contributed by atoms with van der Waals surface area (Å²) in [5, 5.41) is 26.8. The zero-order valence-corrected chi connectivity index (χ0v) is 24.8. The molecule has 5 aliphatic rings. The summed E-state index contributed by atoms with van der Waals surface area (Å²) in [6, 6.07) is 8.97. The lowest BCUT2D eigenvalue weighted by Crippen LogP contribution is -2.74. The maximum atomic E-state index is 13.8. The fourth-order valence-electron chi connectivity index (χ4n) is 7.79. The number of hydrogen-bond acceptors (Lipinski definition) is 8. The van der Waals surface area contributed by atoms with Crippen molar-refractivity contribution in [3.05, 3.63) is 59.0 Å². The Bertz CT molecular complexity index is 1600. The largest absolute Gasteiger partial charge is 0.504 e. The molecule has 1 unspecified atom stereocenters. The third-order valence-corrected chi connectivity index (χ3v) is 11.2. The number of hydrogen-bond donors (Lipinski definition) is 4. The number of aromatic hydroxyl groups is 1. The smallest absolute Gasteiger partial charge is 0.261 e. The quantitative estimate of drug-likeness (QED) is 0.366. The van der Waals surface area contributed by atoms with Crippen LogP contribution in [-0.2, 0) is 26.7 Å². The monoisotopic (exact) mass is 595 g/mol. The second-order valence-corrected chi connectivity index (χ2v) is 14.4. The molecule has 0 aromatic heterocycles. The highest BCUT2D eigenvalue weighted by molar-refractivity contribution is 7.89. The van der Waals surface area contributed by atoms with E-state index < -0.39 is 32.9 Å². The van der Waals surface area contributed by atoms with Crippen molar-refractivity contribution in [3.8, 4) is 17.2 Å². The molecule has 2 aromatic carbocycles. The summed E-state index contributed by atoms with van der Waals surface area (Å²) in [5.74, 6) is 0.0588. The molecule has 0 radical (unpaired) electrons. The molecule has 2 fully saturated rings. The molecule has 1 saturated heterocycles. The topological polar surface area (TPSA) is 137 Å². The Labute approximate surface area is 245 Å². The van der Waals surface area contributed by atoms with Gasteiger partial charge >= 0.3 is 0 Å². The van der Waals surface area contributed by atoms with Crippen molar-refractivity contribution in [2.75, 3.05) is 20.2 Å². The molecule has 2 heterocycles. The fourth-order valence-corrected chi connectivity index (χ4v) is 8.92. The third-order valence-electron chi connectivity index (χ3n) is 9.82. The van der Waals surface area contributed by atoms with Crippen LogP contribution >= 0.6 is 0 Å². The van der Waals surface area contributed by atoms with Gasteiger partial charge in [0.15, 0.2) is 11.5 Å². The van der Waals surface area contributed by atoms with Crippen LogP contribution in [0.5, 0.6) is 17.2 Å². The predicted octanol–water partition coefficient (Wildman–Crippen LogP) is 2.54. The average Bonchev–Trinajstić information content (AvgIpc) is 3.69. The van der Waals surface area contributed by atoms with E-state index in [1.54, 1.807) is 18.2 Å². The number of rotatable bonds is 8. The highest BCUT2D eigenvalue weighted by Gasteiger charge is 2.72. The lowest BCUT2D eigenvalue weighted by molar-refractivity contribution is -0.160. The number of nitrogens with zero attached hydrogens (tertiary/aromatic N) is 1. The Hall–Kier alpha value is -3.28. The molecule has 1 saturated carbocycles. The van der Waals surface area contributed by atoms with Gasteiger partial charge in [0.2, 0.25) is 5.91 Å². The van der Waals surface area contributed by atoms with Gasteiger partial charge in [-0.05, 0) is 94.3 Å². The summed E-state index contributed by atoms with van der Waals surface area (Å²) in [6.07, 6.45) is 3.38. The van der Waals surface area contributed by atoms with Crippen LogP contribution in [0.4, 0.5) is 0 Å². The van der Waals surface area contributed by atoms with E-state index in [1.807, 2.05) is 19.9 Å². The van der Waals surface area contributed by atoms with Gasteiger partial charge in [-0.1, -0.05) is 6.07 Å². The van der Waals surface area contributed by atoms with Crippen LogP contribution in [0.25, 0.3) is 0 Å². The first-order valence-electron chi connectivity index (χ1n) is 14.7. The number of methoxy groups -OCH3 is 1. The molecule has 4 N–H and O–H groups in total. The maximum Gasteiger partial charge on any atom is 0.261 e. The van der Waals surface area contributed by atoms with E-state index in [9.17, 15) is 23.4 Å². The molecule has 10 nitrogen and oxygen atoms in total. The highest BCUT2D eigenvalue weighted by Crippen LogP contribution is 2.67. The fraction of sp³-hybridized carbons (Fsp3) is 0.516. The summed E-state index contributed by atoms with van der Waals surface area (Å²) in [6.45, 7) is 5.24. The van der Waals surface area contributed by atoms with Crippen LogP contribution in [0.2, 0.25) is 0 Å². The summed E-state index contributed by atoms with van der Waals surface area (Å²) in [4.78, 5) is 16.2. The summed E-state index contributed by atoms with van der Waals surface area (Å²) in [5.41, 5.74) is -0.741. The number of carbonyl (C=O) groups excluding carboxylic acids is 1. The van der Waals surface area contributed by atoms with Crippen molar-refractivity contribution >= 4 is 15.9 Å². The van der Waals surface area contributed by atoms with Gasteiger partial charge in [0.1, 0.15) is 11.5 Å². The van der Waals surface area contributed by atoms with E-state index in [1.165, 1.54) is 32.1 Å². The Kier molecular flexibility index (Phi) is 6.14. The molecule has 2 aliphatic heterocycles. The standard InChI is InChI=1S/C31H37N3O7S/c1-17(2)32-29(36)22-15-31(37)24-14-19-6-11-23(35)27-25(19)30(31,12-13-34(24)16-18-4-5-18)28(41-27)26(22)33-42(38,39)21-9-7-20(40-3)8-10-21/h6-11,17-18,22,24,33,35,37H,4-5,12-16H2,1-3H3,(H,32,36)/t22?,24-,30+,31-/m1/s1. The molecule has 11 heteroatoms. The Balaban J connectivity index is 1.42. The molecule has 42 heavy (non-hydrogen) atoms. The zero-order valence-electron chi connectivity index (χ0n) is 24.0. The second kappa shape index (κ2) is 9.36. The number of likely N-dealkylation sites (tertiary alicyclic amines) is 1. The highest BCUT2D eigenvalue weighted by atomic mass is 32.2. The summed E-state index contributed by atoms with van der Waals surface area (Å²) >= 11 is 0. The molecule has 1 spiro atoms. The van der Waals surface area contributed by atoms with Crippen LogP contribution < -0.4 is 19.5 Å². The molecular weight excluding hydrogens is 558 g/mol. The number of ether oxygens (including phenoxy) is 2. The van der Waals surface area contributed by atoms with E-state index in [4.69, 9.17) is 9.47 Å². The number of sulfonamides is 1. The molecule has 4 atom stereocenters. The van der Waals surface area contributed by atoms with Crippen LogP contribution in [-0.4, -0.2) is 67.3 Å². The van der Waals surface area contributed by atoms with Crippen molar-refractivity contribution in [2.45, 2.75) is 73.9 Å². The number of amides is 1. The van der Waals surface area contributed by atoms with Crippen molar-refractivity contribution < 1.29 is 32.9 Å². The number of aliphatic hydroxyl groups is 1. The lowest BCUT2D eigenvalue weighted by Gasteiger charge is -2.62. The van der Waals surface area contributed by atoms with Crippen molar-refractivity contribution in [1.82, 2.24) is 14.9 Å². The van der Waals surface area contributed by atoms with Crippen LogP contribution in [0.15, 0.2) is 52.7 Å². The SMILES string of the molecule is COc1ccc(S(=O)(=O)NC2=C3Oc4c(O)ccc5c4[C@@]34CCN(CC3CC3)[C@H](C5)[C@]4(O)CC2C(=O)NC(C)C)cc1. The number of benzene rings is 2. The first-order chi connectivity index (χ1) is 20.0. The molecule has 224 valence electrons. The molecule has 1 amide bonds. The lowest BCUT2D eigenvalue weighted by atomic mass is 9.49. The van der Waals surface area contributed by atoms with Gasteiger partial charge in [-0.2, -0.15) is 0 Å². The van der Waals surface area contributed by atoms with Crippen molar-refractivity contribution in [2.24, 2.45) is 11.8 Å². The molecular formula is C31H37N3O7S. The summed E-state index contributed by atoms with van der Waals surface area (Å²) in [7, 11) is -2.67. The minimum atomic E-state index is -4.17. The van der Waals surface area contributed by atoms with Crippen LogP contribution in [0.3, 0.4) is 0 Å². The summed E-state index contributed by atoms with van der Waals surface area (Å²) < 4.78 is 42.0. The number of piperidine rings is 1.